The Bertz CT molecular complexity index is 1250. The summed E-state index contributed by atoms with van der Waals surface area (Å²) in [6.45, 7) is 7.86. The topological polar surface area (TPSA) is 168 Å². The minimum Gasteiger partial charge on any atom is -0.401 e. The lowest BCUT2D eigenvalue weighted by atomic mass is 9.96. The predicted molar refractivity (Wildman–Crippen MR) is 168 cm³/mol. The second kappa shape index (κ2) is 15.5. The smallest absolute Gasteiger partial charge is 0.247 e. The molecule has 2 aliphatic rings. The van der Waals surface area contributed by atoms with E-state index >= 15 is 0 Å². The molecule has 2 aromatic rings. The number of rotatable bonds is 12. The van der Waals surface area contributed by atoms with Gasteiger partial charge in [0.1, 0.15) is 18.1 Å². The normalized spacial score (nSPS) is 20.3. The fraction of sp³-hybridized carbons (Fsp3) is 0.485. The van der Waals surface area contributed by atoms with Crippen molar-refractivity contribution in [2.45, 2.75) is 84.0 Å². The molecule has 4 rings (SSSR count). The molecule has 1 aliphatic carbocycles. The van der Waals surface area contributed by atoms with Crippen molar-refractivity contribution in [3.05, 3.63) is 72.1 Å². The van der Waals surface area contributed by atoms with Crippen LogP contribution in [0.4, 0.5) is 0 Å². The van der Waals surface area contributed by atoms with Gasteiger partial charge in [0.2, 0.25) is 17.7 Å². The van der Waals surface area contributed by atoms with Gasteiger partial charge in [0.05, 0.1) is 6.10 Å². The molecule has 1 aliphatic heterocycles. The number of likely N-dealkylation sites (tertiary alicyclic amines) is 1. The molecule has 2 fully saturated rings. The highest BCUT2D eigenvalue weighted by Crippen LogP contribution is 2.34. The maximum absolute atomic E-state index is 13.8. The largest absolute Gasteiger partial charge is 0.401 e. The molecule has 234 valence electrons. The van der Waals surface area contributed by atoms with E-state index in [1.54, 1.807) is 6.20 Å². The average Bonchev–Trinajstić information content (AvgIpc) is 3.79. The van der Waals surface area contributed by atoms with Crippen LogP contribution in [-0.2, 0) is 20.8 Å². The van der Waals surface area contributed by atoms with Gasteiger partial charge in [-0.25, -0.2) is 5.84 Å². The summed E-state index contributed by atoms with van der Waals surface area (Å²) in [5.74, 6) is 4.88. The summed E-state index contributed by atoms with van der Waals surface area (Å²) in [5.41, 5.74) is 15.4. The molecule has 0 aromatic heterocycles. The van der Waals surface area contributed by atoms with E-state index in [2.05, 4.69) is 5.32 Å². The lowest BCUT2D eigenvalue weighted by Gasteiger charge is -2.35. The molecule has 10 nitrogen and oxygen atoms in total. The lowest BCUT2D eigenvalue weighted by molar-refractivity contribution is -0.144. The fourth-order valence-electron chi connectivity index (χ4n) is 5.33. The van der Waals surface area contributed by atoms with Crippen LogP contribution >= 0.6 is 0 Å². The first-order chi connectivity index (χ1) is 20.6. The highest BCUT2D eigenvalue weighted by molar-refractivity contribution is 5.93. The Hall–Kier alpha value is -3.89. The van der Waals surface area contributed by atoms with Gasteiger partial charge >= 0.3 is 0 Å². The van der Waals surface area contributed by atoms with Gasteiger partial charge in [-0.1, -0.05) is 88.7 Å². The third kappa shape index (κ3) is 8.81. The third-order valence-corrected chi connectivity index (χ3v) is 8.13. The highest BCUT2D eigenvalue weighted by Gasteiger charge is 2.44. The Labute approximate surface area is 255 Å². The van der Waals surface area contributed by atoms with Crippen molar-refractivity contribution in [3.63, 3.8) is 0 Å². The minimum atomic E-state index is -0.989. The number of aliphatic hydroxyl groups is 1. The number of primary amides is 1. The summed E-state index contributed by atoms with van der Waals surface area (Å²) in [4.78, 5) is 41.0. The van der Waals surface area contributed by atoms with E-state index in [1.807, 2.05) is 82.3 Å². The molecule has 8 N–H and O–H groups in total. The zero-order valence-corrected chi connectivity index (χ0v) is 25.8. The summed E-state index contributed by atoms with van der Waals surface area (Å²) in [5, 5.41) is 14.5. The molecule has 1 saturated carbocycles. The number of hydrogen-bond donors (Lipinski definition) is 5. The van der Waals surface area contributed by atoms with Crippen LogP contribution in [0.1, 0.15) is 58.9 Å². The van der Waals surface area contributed by atoms with Crippen molar-refractivity contribution in [2.75, 3.05) is 6.54 Å². The number of nitrogens with two attached hydrogens (primary N) is 3. The highest BCUT2D eigenvalue weighted by atomic mass is 16.3. The van der Waals surface area contributed by atoms with Crippen LogP contribution in [0.25, 0.3) is 11.1 Å². The second-order valence-electron chi connectivity index (χ2n) is 11.3. The minimum absolute atomic E-state index is 0.0122. The number of hydrogen-bond acceptors (Lipinski definition) is 7. The zero-order valence-electron chi connectivity index (χ0n) is 25.8. The molecule has 1 heterocycles. The number of aliphatic hydroxyl groups excluding tert-OH is 1. The van der Waals surface area contributed by atoms with Gasteiger partial charge in [0.15, 0.2) is 0 Å². The molecule has 10 heteroatoms. The maximum Gasteiger partial charge on any atom is 0.247 e. The Morgan fingerprint density at radius 1 is 1.05 bits per heavy atom. The Kier molecular flexibility index (Phi) is 12.1. The average molecular weight is 593 g/mol. The van der Waals surface area contributed by atoms with Crippen LogP contribution in [0, 0.1) is 11.8 Å². The number of carbonyl (C=O) groups is 3. The number of amides is 3. The molecule has 0 radical (unpaired) electrons. The van der Waals surface area contributed by atoms with Crippen LogP contribution < -0.4 is 22.6 Å². The molecule has 43 heavy (non-hydrogen) atoms. The van der Waals surface area contributed by atoms with Gasteiger partial charge in [-0.3, -0.25) is 14.4 Å². The Balaban J connectivity index is 0.00000248. The lowest BCUT2D eigenvalue weighted by Crippen LogP contribution is -2.58. The van der Waals surface area contributed by atoms with E-state index in [9.17, 15) is 19.5 Å². The van der Waals surface area contributed by atoms with E-state index in [0.29, 0.717) is 12.1 Å². The molecule has 2 aromatic carbocycles. The van der Waals surface area contributed by atoms with Crippen molar-refractivity contribution in [2.24, 2.45) is 29.1 Å². The number of benzene rings is 2. The van der Waals surface area contributed by atoms with Gasteiger partial charge in [-0.15, -0.1) is 0 Å². The van der Waals surface area contributed by atoms with Gasteiger partial charge in [0, 0.05) is 37.2 Å². The molecule has 3 amide bonds. The number of nitrogens with one attached hydrogen (secondary N) is 1. The van der Waals surface area contributed by atoms with Gasteiger partial charge < -0.3 is 31.8 Å². The maximum atomic E-state index is 13.8. The van der Waals surface area contributed by atoms with Crippen LogP contribution in [0.3, 0.4) is 0 Å². The molecular weight excluding hydrogens is 544 g/mol. The molecule has 0 spiro atoms. The van der Waals surface area contributed by atoms with Crippen LogP contribution in [0.15, 0.2) is 66.5 Å². The van der Waals surface area contributed by atoms with Crippen molar-refractivity contribution in [3.8, 4) is 11.1 Å². The van der Waals surface area contributed by atoms with E-state index in [4.69, 9.17) is 17.3 Å². The number of β-amino-alcohol motifs (C(OH)–C–C–N with tert-alkyl or cyclic N) is 1. The molecule has 5 atom stereocenters. The predicted octanol–water partition coefficient (Wildman–Crippen LogP) is 2.65. The van der Waals surface area contributed by atoms with Crippen LogP contribution in [0.5, 0.6) is 0 Å². The summed E-state index contributed by atoms with van der Waals surface area (Å²) in [7, 11) is 0. The van der Waals surface area contributed by atoms with Crippen molar-refractivity contribution in [1.29, 1.82) is 0 Å². The summed E-state index contributed by atoms with van der Waals surface area (Å²) >= 11 is 0. The quantitative estimate of drug-likeness (QED) is 0.186. The monoisotopic (exact) mass is 592 g/mol. The Morgan fingerprint density at radius 3 is 2.21 bits per heavy atom. The van der Waals surface area contributed by atoms with E-state index in [-0.39, 0.29) is 37.1 Å². The molecule has 1 saturated heterocycles. The SMILES string of the molecule is CC.CCC(C)C(C(=O)N1CC(O)CC1C(=O)NC(Cc1ccc(-c2ccccc2)cc1)C(N)=O)N(N)/C=C(\N)C1CC1. The first-order valence-electron chi connectivity index (χ1n) is 15.3. The first-order valence-corrected chi connectivity index (χ1v) is 15.3. The van der Waals surface area contributed by atoms with Gasteiger partial charge in [0.25, 0.3) is 0 Å². The number of nitrogens with zero attached hydrogens (tertiary/aromatic N) is 2. The van der Waals surface area contributed by atoms with Gasteiger partial charge in [-0.05, 0) is 35.4 Å². The zero-order chi connectivity index (χ0) is 31.7. The number of allylic oxidation sites excluding steroid dienone is 1. The number of hydrazine groups is 1. The summed E-state index contributed by atoms with van der Waals surface area (Å²) in [6.07, 6.45) is 3.63. The fourth-order valence-corrected chi connectivity index (χ4v) is 5.33. The van der Waals surface area contributed by atoms with E-state index in [1.165, 1.54) is 9.91 Å². The third-order valence-electron chi connectivity index (χ3n) is 8.13. The summed E-state index contributed by atoms with van der Waals surface area (Å²) in [6, 6.07) is 14.9. The first kappa shape index (κ1) is 33.6. The van der Waals surface area contributed by atoms with Crippen molar-refractivity contribution >= 4 is 17.7 Å². The standard InChI is InChI=1S/C31H42N6O4.C2H6/c1-3-19(2)28(37(34)18-25(32)23-13-14-23)31(41)36-17-24(38)16-27(36)30(40)35-26(29(33)39)15-20-9-11-22(12-10-20)21-7-5-4-6-8-21;1-2/h4-12,18-19,23-24,26-28,38H,3,13-17,32,34H2,1-2H3,(H2,33,39)(H,35,40);1-2H3/b25-18-;. The number of carbonyl (C=O) groups excluding carboxylic acids is 3. The second-order valence-corrected chi connectivity index (χ2v) is 11.3. The van der Waals surface area contributed by atoms with Crippen molar-refractivity contribution in [1.82, 2.24) is 15.2 Å². The molecule has 0 bridgehead atoms. The Morgan fingerprint density at radius 2 is 1.65 bits per heavy atom. The molecule has 5 unspecified atom stereocenters. The van der Waals surface area contributed by atoms with E-state index < -0.39 is 36.0 Å². The molecular formula is C33H48N6O4. The van der Waals surface area contributed by atoms with Gasteiger partial charge in [-0.2, -0.15) is 0 Å². The summed E-state index contributed by atoms with van der Waals surface area (Å²) < 4.78 is 0. The van der Waals surface area contributed by atoms with Crippen LogP contribution in [0.2, 0.25) is 0 Å². The van der Waals surface area contributed by atoms with Crippen LogP contribution in [-0.4, -0.2) is 63.5 Å². The van der Waals surface area contributed by atoms with E-state index in [0.717, 1.165) is 29.5 Å². The van der Waals surface area contributed by atoms with Crippen molar-refractivity contribution < 1.29 is 19.5 Å².